The number of carbonyl (C=O) groups is 2. The zero-order valence-corrected chi connectivity index (χ0v) is 19.2. The number of nitrogens with one attached hydrogen (secondary N) is 1. The summed E-state index contributed by atoms with van der Waals surface area (Å²) in [6.45, 7) is 4.57. The molecule has 33 heavy (non-hydrogen) atoms. The Balaban J connectivity index is 1.69. The summed E-state index contributed by atoms with van der Waals surface area (Å²) in [5.41, 5.74) is 4.24. The number of ether oxygens (including phenoxy) is 1. The summed E-state index contributed by atoms with van der Waals surface area (Å²) in [7, 11) is 1.56. The molecular formula is C28H28N2O3. The van der Waals surface area contributed by atoms with Crippen LogP contribution in [0.25, 0.3) is 5.57 Å². The van der Waals surface area contributed by atoms with Crippen molar-refractivity contribution in [2.75, 3.05) is 19.0 Å². The zero-order valence-electron chi connectivity index (χ0n) is 19.2. The maximum atomic E-state index is 13.5. The molecule has 2 amide bonds. The Morgan fingerprint density at radius 2 is 1.52 bits per heavy atom. The molecule has 0 radical (unpaired) electrons. The third-order valence-electron chi connectivity index (χ3n) is 5.86. The monoisotopic (exact) mass is 440 g/mol. The third kappa shape index (κ3) is 4.67. The molecule has 0 bridgehead atoms. The van der Waals surface area contributed by atoms with Crippen LogP contribution in [0.2, 0.25) is 0 Å². The van der Waals surface area contributed by atoms with E-state index in [-0.39, 0.29) is 17.5 Å². The second kappa shape index (κ2) is 9.74. The first-order valence-electron chi connectivity index (χ1n) is 11.1. The zero-order chi connectivity index (χ0) is 23.4. The number of imide groups is 1. The van der Waals surface area contributed by atoms with Crippen molar-refractivity contribution in [1.82, 2.24) is 4.90 Å². The summed E-state index contributed by atoms with van der Waals surface area (Å²) in [4.78, 5) is 28.3. The summed E-state index contributed by atoms with van der Waals surface area (Å²) in [5.74, 6) is 0.310. The van der Waals surface area contributed by atoms with E-state index in [1.54, 1.807) is 13.2 Å². The van der Waals surface area contributed by atoms with Crippen molar-refractivity contribution in [2.45, 2.75) is 26.2 Å². The number of rotatable bonds is 8. The van der Waals surface area contributed by atoms with Crippen molar-refractivity contribution in [1.29, 1.82) is 0 Å². The molecule has 3 aromatic carbocycles. The smallest absolute Gasteiger partial charge is 0.278 e. The van der Waals surface area contributed by atoms with Gasteiger partial charge in [0.25, 0.3) is 11.8 Å². The largest absolute Gasteiger partial charge is 0.496 e. The fourth-order valence-corrected chi connectivity index (χ4v) is 3.98. The highest BCUT2D eigenvalue weighted by Crippen LogP contribution is 2.35. The lowest BCUT2D eigenvalue weighted by Crippen LogP contribution is -2.34. The maximum Gasteiger partial charge on any atom is 0.278 e. The molecule has 5 heteroatoms. The highest BCUT2D eigenvalue weighted by molar-refractivity contribution is 6.37. The molecule has 3 aromatic rings. The number of carbonyl (C=O) groups excluding carboxylic acids is 2. The van der Waals surface area contributed by atoms with Gasteiger partial charge in [0.1, 0.15) is 11.4 Å². The minimum atomic E-state index is -0.329. The molecule has 1 heterocycles. The number of amides is 2. The molecule has 0 fully saturated rings. The van der Waals surface area contributed by atoms with Crippen LogP contribution in [0.3, 0.4) is 0 Å². The van der Waals surface area contributed by atoms with E-state index >= 15 is 0 Å². The van der Waals surface area contributed by atoms with Gasteiger partial charge in [-0.2, -0.15) is 0 Å². The summed E-state index contributed by atoms with van der Waals surface area (Å²) < 4.78 is 5.50. The Hall–Kier alpha value is -3.86. The second-order valence-electron chi connectivity index (χ2n) is 8.35. The van der Waals surface area contributed by atoms with Crippen molar-refractivity contribution < 1.29 is 14.3 Å². The first-order chi connectivity index (χ1) is 16.0. The second-order valence-corrected chi connectivity index (χ2v) is 8.35. The molecule has 4 rings (SSSR count). The van der Waals surface area contributed by atoms with Gasteiger partial charge in [-0.15, -0.1) is 0 Å². The molecule has 0 saturated carbocycles. The molecule has 1 aliphatic rings. The average molecular weight is 441 g/mol. The van der Waals surface area contributed by atoms with Crippen LogP contribution in [-0.2, 0) is 16.0 Å². The summed E-state index contributed by atoms with van der Waals surface area (Å²) in [5, 5.41) is 3.23. The molecule has 0 aliphatic carbocycles. The molecule has 0 unspecified atom stereocenters. The Kier molecular flexibility index (Phi) is 6.59. The number of methoxy groups -OCH3 is 1. The third-order valence-corrected chi connectivity index (χ3v) is 5.86. The first kappa shape index (κ1) is 22.3. The van der Waals surface area contributed by atoms with Gasteiger partial charge in [0.15, 0.2) is 0 Å². The number of nitrogens with zero attached hydrogens (tertiary/aromatic N) is 1. The van der Waals surface area contributed by atoms with E-state index < -0.39 is 0 Å². The molecule has 168 valence electrons. The maximum absolute atomic E-state index is 13.5. The van der Waals surface area contributed by atoms with E-state index in [1.165, 1.54) is 10.5 Å². The van der Waals surface area contributed by atoms with Crippen LogP contribution < -0.4 is 10.1 Å². The van der Waals surface area contributed by atoms with Crippen LogP contribution in [0.4, 0.5) is 5.69 Å². The van der Waals surface area contributed by atoms with E-state index in [9.17, 15) is 9.59 Å². The van der Waals surface area contributed by atoms with E-state index in [1.807, 2.05) is 72.8 Å². The fourth-order valence-electron chi connectivity index (χ4n) is 3.98. The Bertz CT molecular complexity index is 1180. The van der Waals surface area contributed by atoms with E-state index in [4.69, 9.17) is 4.74 Å². The predicted molar refractivity (Wildman–Crippen MR) is 131 cm³/mol. The van der Waals surface area contributed by atoms with Gasteiger partial charge in [-0.25, -0.2) is 0 Å². The fraction of sp³-hybridized carbons (Fsp3) is 0.214. The average Bonchev–Trinajstić information content (AvgIpc) is 3.07. The topological polar surface area (TPSA) is 58.6 Å². The predicted octanol–water partition coefficient (Wildman–Crippen LogP) is 5.25. The normalized spacial score (nSPS) is 13.8. The summed E-state index contributed by atoms with van der Waals surface area (Å²) in [6.07, 6.45) is 0.591. The van der Waals surface area contributed by atoms with Crippen molar-refractivity contribution in [3.05, 3.63) is 101 Å². The lowest BCUT2D eigenvalue weighted by atomic mass is 10.0. The van der Waals surface area contributed by atoms with Crippen molar-refractivity contribution in [2.24, 2.45) is 0 Å². The van der Waals surface area contributed by atoms with Gasteiger partial charge in [-0.05, 0) is 41.7 Å². The van der Waals surface area contributed by atoms with E-state index in [0.29, 0.717) is 35.8 Å². The van der Waals surface area contributed by atoms with E-state index in [0.717, 1.165) is 11.3 Å². The van der Waals surface area contributed by atoms with Crippen molar-refractivity contribution >= 4 is 23.1 Å². The van der Waals surface area contributed by atoms with Crippen LogP contribution in [0.15, 0.2) is 84.6 Å². The molecule has 0 aromatic heterocycles. The highest BCUT2D eigenvalue weighted by atomic mass is 16.5. The Labute approximate surface area is 194 Å². The van der Waals surface area contributed by atoms with Crippen molar-refractivity contribution in [3.63, 3.8) is 0 Å². The Morgan fingerprint density at radius 1 is 0.848 bits per heavy atom. The molecule has 0 spiro atoms. The molecule has 0 atom stereocenters. The van der Waals surface area contributed by atoms with Gasteiger partial charge >= 0.3 is 0 Å². The number of hydrogen-bond acceptors (Lipinski definition) is 4. The molecular weight excluding hydrogens is 412 g/mol. The van der Waals surface area contributed by atoms with Crippen LogP contribution in [0.1, 0.15) is 36.5 Å². The summed E-state index contributed by atoms with van der Waals surface area (Å²) in [6, 6.07) is 25.1. The SMILES string of the molecule is COc1ccccc1C1=C(Nc2ccc(C(C)C)cc2)C(=O)N(CCc2ccccc2)C1=O. The van der Waals surface area contributed by atoms with Crippen molar-refractivity contribution in [3.8, 4) is 5.75 Å². The van der Waals surface area contributed by atoms with Gasteiger partial charge in [0.2, 0.25) is 0 Å². The molecule has 5 nitrogen and oxygen atoms in total. The van der Waals surface area contributed by atoms with Gasteiger partial charge in [-0.1, -0.05) is 74.5 Å². The number of hydrogen-bond donors (Lipinski definition) is 1. The molecule has 0 saturated heterocycles. The van der Waals surface area contributed by atoms with Crippen LogP contribution >= 0.6 is 0 Å². The minimum absolute atomic E-state index is 0.273. The lowest BCUT2D eigenvalue weighted by Gasteiger charge is -2.15. The van der Waals surface area contributed by atoms with Crippen LogP contribution in [-0.4, -0.2) is 30.4 Å². The standard InChI is InChI=1S/C28H28N2O3/c1-19(2)21-13-15-22(16-14-21)29-26-25(23-11-7-8-12-24(23)33-3)27(31)30(28(26)32)18-17-20-9-5-4-6-10-20/h4-16,19,29H,17-18H2,1-3H3. The highest BCUT2D eigenvalue weighted by Gasteiger charge is 2.40. The van der Waals surface area contributed by atoms with Crippen LogP contribution in [0, 0.1) is 0 Å². The number of para-hydroxylation sites is 1. The number of anilines is 1. The van der Waals surface area contributed by atoms with E-state index in [2.05, 4.69) is 19.2 Å². The summed E-state index contributed by atoms with van der Waals surface area (Å²) >= 11 is 0. The minimum Gasteiger partial charge on any atom is -0.496 e. The quantitative estimate of drug-likeness (QED) is 0.486. The van der Waals surface area contributed by atoms with Crippen LogP contribution in [0.5, 0.6) is 5.75 Å². The van der Waals surface area contributed by atoms with Gasteiger partial charge in [0.05, 0.1) is 12.7 Å². The van der Waals surface area contributed by atoms with Gasteiger partial charge in [-0.3, -0.25) is 14.5 Å². The first-order valence-corrected chi connectivity index (χ1v) is 11.1. The van der Waals surface area contributed by atoms with Gasteiger partial charge < -0.3 is 10.1 Å². The number of benzene rings is 3. The Morgan fingerprint density at radius 3 is 2.18 bits per heavy atom. The van der Waals surface area contributed by atoms with Gasteiger partial charge in [0, 0.05) is 17.8 Å². The molecule has 1 aliphatic heterocycles. The molecule has 1 N–H and O–H groups in total. The lowest BCUT2D eigenvalue weighted by molar-refractivity contribution is -0.136.